The van der Waals surface area contributed by atoms with Crippen molar-refractivity contribution in [1.29, 1.82) is 0 Å². The molecule has 0 unspecified atom stereocenters. The van der Waals surface area contributed by atoms with E-state index >= 15 is 0 Å². The van der Waals surface area contributed by atoms with Crippen molar-refractivity contribution >= 4 is 17.3 Å². The lowest BCUT2D eigenvalue weighted by molar-refractivity contribution is 0.0699. The first kappa shape index (κ1) is 14.6. The Morgan fingerprint density at radius 3 is 2.65 bits per heavy atom. The Morgan fingerprint density at radius 1 is 1.25 bits per heavy atom. The number of carboxylic acid groups (broad SMARTS) is 1. The molecule has 0 aliphatic rings. The number of thiophene rings is 1. The molecule has 1 aromatic heterocycles. The number of hydrogen-bond donors (Lipinski definition) is 1. The van der Waals surface area contributed by atoms with Crippen LogP contribution in [0.3, 0.4) is 0 Å². The smallest absolute Gasteiger partial charge is 0.346 e. The fourth-order valence-electron chi connectivity index (χ4n) is 1.93. The molecule has 0 fully saturated rings. The zero-order valence-corrected chi connectivity index (χ0v) is 12.3. The first-order valence-electron chi connectivity index (χ1n) is 6.72. The van der Waals surface area contributed by atoms with Gasteiger partial charge in [0.25, 0.3) is 0 Å². The summed E-state index contributed by atoms with van der Waals surface area (Å²) in [7, 11) is 0. The Bertz CT molecular complexity index is 557. The van der Waals surface area contributed by atoms with E-state index in [0.29, 0.717) is 11.5 Å². The highest BCUT2D eigenvalue weighted by Gasteiger charge is 2.11. The van der Waals surface area contributed by atoms with Crippen LogP contribution in [0.5, 0.6) is 5.75 Å². The van der Waals surface area contributed by atoms with Gasteiger partial charge in [0.1, 0.15) is 17.2 Å². The molecule has 0 spiro atoms. The van der Waals surface area contributed by atoms with Crippen LogP contribution in [0.4, 0.5) is 0 Å². The van der Waals surface area contributed by atoms with E-state index in [0.717, 1.165) is 17.7 Å². The molecule has 0 amide bonds. The van der Waals surface area contributed by atoms with E-state index in [1.807, 2.05) is 12.1 Å². The lowest BCUT2D eigenvalue weighted by Gasteiger charge is -2.07. The summed E-state index contributed by atoms with van der Waals surface area (Å²) < 4.78 is 5.64. The highest BCUT2D eigenvalue weighted by Crippen LogP contribution is 2.20. The molecule has 0 bridgehead atoms. The molecule has 4 heteroatoms. The molecule has 1 aromatic carbocycles. The maximum atomic E-state index is 11.0. The molecule has 20 heavy (non-hydrogen) atoms. The van der Waals surface area contributed by atoms with E-state index in [-0.39, 0.29) is 0 Å². The molecule has 106 valence electrons. The second-order valence-corrected chi connectivity index (χ2v) is 5.53. The van der Waals surface area contributed by atoms with Gasteiger partial charge in [-0.2, -0.15) is 0 Å². The second kappa shape index (κ2) is 7.10. The highest BCUT2D eigenvalue weighted by molar-refractivity contribution is 7.12. The fourth-order valence-corrected chi connectivity index (χ4v) is 2.68. The van der Waals surface area contributed by atoms with Gasteiger partial charge >= 0.3 is 5.97 Å². The normalized spacial score (nSPS) is 10.4. The van der Waals surface area contributed by atoms with Gasteiger partial charge in [0.2, 0.25) is 0 Å². The third kappa shape index (κ3) is 3.84. The molecule has 1 N–H and O–H groups in total. The zero-order chi connectivity index (χ0) is 14.4. The number of aromatic carboxylic acids is 1. The predicted molar refractivity (Wildman–Crippen MR) is 80.7 cm³/mol. The summed E-state index contributed by atoms with van der Waals surface area (Å²) in [6.07, 6.45) is 3.47. The number of aryl methyl sites for hydroxylation is 1. The Labute approximate surface area is 122 Å². The molecule has 0 atom stereocenters. The molecule has 2 aromatic rings. The van der Waals surface area contributed by atoms with Crippen LogP contribution in [0.15, 0.2) is 35.7 Å². The maximum absolute atomic E-state index is 11.0. The van der Waals surface area contributed by atoms with Crippen molar-refractivity contribution in [2.45, 2.75) is 32.8 Å². The minimum atomic E-state index is -0.895. The minimum absolute atomic E-state index is 0.291. The van der Waals surface area contributed by atoms with Gasteiger partial charge < -0.3 is 9.84 Å². The van der Waals surface area contributed by atoms with E-state index in [1.54, 1.807) is 11.4 Å². The Kier molecular flexibility index (Phi) is 5.18. The standard InChI is InChI=1S/C16H18O3S/c1-2-3-4-12-5-7-14(8-6-12)19-11-13-9-10-20-15(13)16(17)18/h5-10H,2-4,11H2,1H3,(H,17,18). The van der Waals surface area contributed by atoms with Crippen molar-refractivity contribution in [2.75, 3.05) is 0 Å². The number of hydrogen-bond acceptors (Lipinski definition) is 3. The quantitative estimate of drug-likeness (QED) is 0.823. The van der Waals surface area contributed by atoms with Crippen LogP contribution in [0, 0.1) is 0 Å². The monoisotopic (exact) mass is 290 g/mol. The van der Waals surface area contributed by atoms with Gasteiger partial charge in [0, 0.05) is 5.56 Å². The van der Waals surface area contributed by atoms with Gasteiger partial charge in [-0.1, -0.05) is 25.5 Å². The summed E-state index contributed by atoms with van der Waals surface area (Å²) in [6.45, 7) is 2.47. The average Bonchev–Trinajstić information content (AvgIpc) is 2.92. The van der Waals surface area contributed by atoms with Crippen LogP contribution in [0.25, 0.3) is 0 Å². The zero-order valence-electron chi connectivity index (χ0n) is 11.5. The minimum Gasteiger partial charge on any atom is -0.489 e. The summed E-state index contributed by atoms with van der Waals surface area (Å²) in [5.41, 5.74) is 2.03. The fraction of sp³-hybridized carbons (Fsp3) is 0.312. The van der Waals surface area contributed by atoms with Crippen LogP contribution >= 0.6 is 11.3 Å². The number of unbranched alkanes of at least 4 members (excludes halogenated alkanes) is 1. The topological polar surface area (TPSA) is 46.5 Å². The lowest BCUT2D eigenvalue weighted by Crippen LogP contribution is -2.01. The molecule has 0 aliphatic heterocycles. The maximum Gasteiger partial charge on any atom is 0.346 e. The van der Waals surface area contributed by atoms with Crippen LogP contribution in [0.2, 0.25) is 0 Å². The summed E-state index contributed by atoms with van der Waals surface area (Å²) in [6, 6.07) is 9.81. The molecule has 0 aliphatic carbocycles. The van der Waals surface area contributed by atoms with Crippen molar-refractivity contribution in [3.05, 3.63) is 51.7 Å². The molecule has 0 saturated heterocycles. The van der Waals surface area contributed by atoms with Gasteiger partial charge in [0.15, 0.2) is 0 Å². The Hall–Kier alpha value is -1.81. The van der Waals surface area contributed by atoms with Gasteiger partial charge in [-0.25, -0.2) is 4.79 Å². The average molecular weight is 290 g/mol. The molecule has 3 nitrogen and oxygen atoms in total. The van der Waals surface area contributed by atoms with Crippen LogP contribution in [0.1, 0.15) is 40.6 Å². The van der Waals surface area contributed by atoms with Crippen molar-refractivity contribution in [2.24, 2.45) is 0 Å². The molecular formula is C16H18O3S. The van der Waals surface area contributed by atoms with Crippen LogP contribution in [-0.2, 0) is 13.0 Å². The SMILES string of the molecule is CCCCc1ccc(OCc2ccsc2C(=O)O)cc1. The Balaban J connectivity index is 1.93. The molecule has 2 rings (SSSR count). The van der Waals surface area contributed by atoms with E-state index in [9.17, 15) is 4.79 Å². The Morgan fingerprint density at radius 2 is 2.00 bits per heavy atom. The van der Waals surface area contributed by atoms with Gasteiger partial charge in [-0.3, -0.25) is 0 Å². The number of rotatable bonds is 7. The molecule has 1 heterocycles. The predicted octanol–water partition coefficient (Wildman–Crippen LogP) is 4.37. The van der Waals surface area contributed by atoms with Crippen molar-refractivity contribution in [3.63, 3.8) is 0 Å². The number of ether oxygens (including phenoxy) is 1. The largest absolute Gasteiger partial charge is 0.489 e. The second-order valence-electron chi connectivity index (χ2n) is 4.62. The summed E-state index contributed by atoms with van der Waals surface area (Å²) in [5, 5.41) is 10.8. The van der Waals surface area contributed by atoms with Gasteiger partial charge in [-0.15, -0.1) is 11.3 Å². The van der Waals surface area contributed by atoms with E-state index in [4.69, 9.17) is 9.84 Å². The third-order valence-electron chi connectivity index (χ3n) is 3.08. The van der Waals surface area contributed by atoms with Crippen LogP contribution < -0.4 is 4.74 Å². The highest BCUT2D eigenvalue weighted by atomic mass is 32.1. The summed E-state index contributed by atoms with van der Waals surface area (Å²) in [5.74, 6) is -0.124. The van der Waals surface area contributed by atoms with E-state index in [2.05, 4.69) is 19.1 Å². The number of carboxylic acids is 1. The number of benzene rings is 1. The first-order chi connectivity index (χ1) is 9.70. The van der Waals surface area contributed by atoms with Crippen LogP contribution in [-0.4, -0.2) is 11.1 Å². The van der Waals surface area contributed by atoms with Gasteiger partial charge in [-0.05, 0) is 42.0 Å². The van der Waals surface area contributed by atoms with E-state index < -0.39 is 5.97 Å². The summed E-state index contributed by atoms with van der Waals surface area (Å²) >= 11 is 1.22. The van der Waals surface area contributed by atoms with Gasteiger partial charge in [0.05, 0.1) is 0 Å². The van der Waals surface area contributed by atoms with Crippen molar-refractivity contribution in [1.82, 2.24) is 0 Å². The molecular weight excluding hydrogens is 272 g/mol. The summed E-state index contributed by atoms with van der Waals surface area (Å²) in [4.78, 5) is 11.3. The first-order valence-corrected chi connectivity index (χ1v) is 7.60. The number of carbonyl (C=O) groups is 1. The molecule has 0 radical (unpaired) electrons. The van der Waals surface area contributed by atoms with E-state index in [1.165, 1.54) is 29.7 Å². The lowest BCUT2D eigenvalue weighted by atomic mass is 10.1. The van der Waals surface area contributed by atoms with Crippen molar-refractivity contribution in [3.8, 4) is 5.75 Å². The third-order valence-corrected chi connectivity index (χ3v) is 4.02. The molecule has 0 saturated carbocycles. The van der Waals surface area contributed by atoms with Crippen molar-refractivity contribution < 1.29 is 14.6 Å².